The van der Waals surface area contributed by atoms with Crippen molar-refractivity contribution < 1.29 is 33.0 Å². The van der Waals surface area contributed by atoms with E-state index >= 15 is 0 Å². The quantitative estimate of drug-likeness (QED) is 0.790. The first kappa shape index (κ1) is 15.7. The molecule has 2 N–H and O–H groups in total. The molecule has 100 valence electrons. The molecule has 0 atom stereocenters. The summed E-state index contributed by atoms with van der Waals surface area (Å²) >= 11 is 0. The van der Waals surface area contributed by atoms with Crippen LogP contribution in [0.4, 0.5) is 13.2 Å². The highest BCUT2D eigenvalue weighted by Gasteiger charge is 2.38. The Morgan fingerprint density at radius 1 is 1.29 bits per heavy atom. The van der Waals surface area contributed by atoms with Gasteiger partial charge in [-0.3, -0.25) is 9.69 Å². The highest BCUT2D eigenvalue weighted by Crippen LogP contribution is 2.17. The van der Waals surface area contributed by atoms with Crippen LogP contribution in [0.1, 0.15) is 13.3 Å². The molecule has 1 saturated heterocycles. The molecule has 0 aromatic carbocycles. The fourth-order valence-corrected chi connectivity index (χ4v) is 1.26. The van der Waals surface area contributed by atoms with E-state index in [0.29, 0.717) is 0 Å². The van der Waals surface area contributed by atoms with Crippen LogP contribution in [0.5, 0.6) is 0 Å². The van der Waals surface area contributed by atoms with E-state index in [1.807, 2.05) is 4.90 Å². The average molecular weight is 257 g/mol. The fraction of sp³-hybridized carbons (Fsp3) is 0.778. The zero-order chi connectivity index (χ0) is 13.6. The Bertz CT molecular complexity index is 274. The van der Waals surface area contributed by atoms with Gasteiger partial charge in [-0.25, -0.2) is 4.79 Å². The third-order valence-corrected chi connectivity index (χ3v) is 2.21. The van der Waals surface area contributed by atoms with Gasteiger partial charge in [-0.15, -0.1) is 0 Å². The van der Waals surface area contributed by atoms with Crippen LogP contribution in [0.25, 0.3) is 0 Å². The molecule has 0 radical (unpaired) electrons. The average Bonchev–Trinajstić information content (AvgIpc) is 2.09. The Kier molecular flexibility index (Phi) is 5.94. The van der Waals surface area contributed by atoms with Gasteiger partial charge >= 0.3 is 18.1 Å². The van der Waals surface area contributed by atoms with Crippen LogP contribution in [-0.2, 0) is 9.59 Å². The molecular formula is C9H14F3NO4. The van der Waals surface area contributed by atoms with Crippen LogP contribution in [0.2, 0.25) is 0 Å². The Morgan fingerprint density at radius 2 is 1.71 bits per heavy atom. The lowest BCUT2D eigenvalue weighted by Gasteiger charge is -2.37. The lowest BCUT2D eigenvalue weighted by Crippen LogP contribution is -2.48. The minimum absolute atomic E-state index is 0.219. The molecular weight excluding hydrogens is 243 g/mol. The van der Waals surface area contributed by atoms with Gasteiger partial charge in [0.2, 0.25) is 0 Å². The fourth-order valence-electron chi connectivity index (χ4n) is 1.26. The molecule has 5 nitrogen and oxygen atoms in total. The van der Waals surface area contributed by atoms with Crippen molar-refractivity contribution >= 4 is 11.9 Å². The molecule has 0 unspecified atom stereocenters. The molecule has 1 aliphatic rings. The van der Waals surface area contributed by atoms with Crippen molar-refractivity contribution in [1.29, 1.82) is 0 Å². The SMILES string of the molecule is CCC1CN(CC(=O)O)C1.O=C(O)C(F)(F)F. The third kappa shape index (κ3) is 6.77. The van der Waals surface area contributed by atoms with Crippen LogP contribution in [-0.4, -0.2) is 52.9 Å². The Morgan fingerprint density at radius 3 is 1.94 bits per heavy atom. The standard InChI is InChI=1S/C7H13NO2.C2HF3O2/c1-2-6-3-8(4-6)5-7(9)10;3-2(4,5)1(6)7/h6H,2-5H2,1H3,(H,9,10);(H,6,7). The van der Waals surface area contributed by atoms with E-state index in [4.69, 9.17) is 15.0 Å². The summed E-state index contributed by atoms with van der Waals surface area (Å²) < 4.78 is 31.7. The molecule has 0 aromatic heterocycles. The normalized spacial score (nSPS) is 16.7. The van der Waals surface area contributed by atoms with Crippen molar-refractivity contribution in [2.75, 3.05) is 19.6 Å². The lowest BCUT2D eigenvalue weighted by atomic mass is 9.98. The molecule has 0 aromatic rings. The van der Waals surface area contributed by atoms with Crippen LogP contribution in [0.15, 0.2) is 0 Å². The Hall–Kier alpha value is -1.31. The largest absolute Gasteiger partial charge is 0.490 e. The van der Waals surface area contributed by atoms with Gasteiger partial charge in [0, 0.05) is 13.1 Å². The number of hydrogen-bond donors (Lipinski definition) is 2. The summed E-state index contributed by atoms with van der Waals surface area (Å²) in [5.41, 5.74) is 0. The highest BCUT2D eigenvalue weighted by molar-refractivity contribution is 5.73. The van der Waals surface area contributed by atoms with Crippen molar-refractivity contribution in [3.63, 3.8) is 0 Å². The lowest BCUT2D eigenvalue weighted by molar-refractivity contribution is -0.192. The number of nitrogens with zero attached hydrogens (tertiary/aromatic N) is 1. The number of aliphatic carboxylic acids is 2. The molecule has 1 heterocycles. The summed E-state index contributed by atoms with van der Waals surface area (Å²) in [5.74, 6) is -2.72. The van der Waals surface area contributed by atoms with Gasteiger partial charge in [-0.05, 0) is 5.92 Å². The minimum Gasteiger partial charge on any atom is -0.480 e. The zero-order valence-electron chi connectivity index (χ0n) is 9.20. The second-order valence-electron chi connectivity index (χ2n) is 3.67. The molecule has 0 spiro atoms. The molecule has 17 heavy (non-hydrogen) atoms. The van der Waals surface area contributed by atoms with Crippen LogP contribution < -0.4 is 0 Å². The van der Waals surface area contributed by atoms with Gasteiger partial charge in [0.1, 0.15) is 0 Å². The summed E-state index contributed by atoms with van der Waals surface area (Å²) in [7, 11) is 0. The van der Waals surface area contributed by atoms with E-state index in [0.717, 1.165) is 19.0 Å². The number of carboxylic acid groups (broad SMARTS) is 2. The van der Waals surface area contributed by atoms with Crippen LogP contribution >= 0.6 is 0 Å². The molecule has 0 amide bonds. The maximum Gasteiger partial charge on any atom is 0.490 e. The second-order valence-corrected chi connectivity index (χ2v) is 3.67. The van der Waals surface area contributed by atoms with Crippen molar-refractivity contribution in [1.82, 2.24) is 4.90 Å². The first-order valence-electron chi connectivity index (χ1n) is 4.91. The number of halogens is 3. The minimum atomic E-state index is -5.08. The predicted molar refractivity (Wildman–Crippen MR) is 51.5 cm³/mol. The molecule has 0 saturated carbocycles. The van der Waals surface area contributed by atoms with Crippen molar-refractivity contribution in [3.05, 3.63) is 0 Å². The number of alkyl halides is 3. The number of carboxylic acids is 2. The summed E-state index contributed by atoms with van der Waals surface area (Å²) in [6.07, 6.45) is -3.91. The van der Waals surface area contributed by atoms with E-state index in [-0.39, 0.29) is 6.54 Å². The van der Waals surface area contributed by atoms with E-state index < -0.39 is 18.1 Å². The number of likely N-dealkylation sites (tertiary alicyclic amines) is 1. The highest BCUT2D eigenvalue weighted by atomic mass is 19.4. The zero-order valence-corrected chi connectivity index (χ0v) is 9.20. The molecule has 1 fully saturated rings. The molecule has 1 rings (SSSR count). The van der Waals surface area contributed by atoms with Gasteiger partial charge in [0.15, 0.2) is 0 Å². The molecule has 0 bridgehead atoms. The topological polar surface area (TPSA) is 77.8 Å². The van der Waals surface area contributed by atoms with Crippen LogP contribution in [0, 0.1) is 5.92 Å². The third-order valence-electron chi connectivity index (χ3n) is 2.21. The van der Waals surface area contributed by atoms with E-state index in [2.05, 4.69) is 6.92 Å². The molecule has 8 heteroatoms. The first-order chi connectivity index (χ1) is 7.66. The maximum absolute atomic E-state index is 10.6. The summed E-state index contributed by atoms with van der Waals surface area (Å²) in [6, 6.07) is 0. The van der Waals surface area contributed by atoms with Gasteiger partial charge in [-0.1, -0.05) is 13.3 Å². The van der Waals surface area contributed by atoms with E-state index in [9.17, 15) is 18.0 Å². The summed E-state index contributed by atoms with van der Waals surface area (Å²) in [4.78, 5) is 21.0. The van der Waals surface area contributed by atoms with Gasteiger partial charge in [0.25, 0.3) is 0 Å². The van der Waals surface area contributed by atoms with Gasteiger partial charge in [0.05, 0.1) is 6.54 Å². The van der Waals surface area contributed by atoms with Crippen molar-refractivity contribution in [3.8, 4) is 0 Å². The number of carbonyl (C=O) groups is 2. The molecule has 0 aliphatic carbocycles. The maximum atomic E-state index is 10.6. The van der Waals surface area contributed by atoms with Gasteiger partial charge in [-0.2, -0.15) is 13.2 Å². The summed E-state index contributed by atoms with van der Waals surface area (Å²) in [6.45, 7) is 4.31. The number of rotatable bonds is 3. The monoisotopic (exact) mass is 257 g/mol. The van der Waals surface area contributed by atoms with E-state index in [1.165, 1.54) is 6.42 Å². The van der Waals surface area contributed by atoms with Crippen LogP contribution in [0.3, 0.4) is 0 Å². The predicted octanol–water partition coefficient (Wildman–Crippen LogP) is 1.05. The van der Waals surface area contributed by atoms with Crippen molar-refractivity contribution in [2.24, 2.45) is 5.92 Å². The first-order valence-corrected chi connectivity index (χ1v) is 4.91. The summed E-state index contributed by atoms with van der Waals surface area (Å²) in [5, 5.41) is 15.5. The van der Waals surface area contributed by atoms with Crippen molar-refractivity contribution in [2.45, 2.75) is 19.5 Å². The van der Waals surface area contributed by atoms with E-state index in [1.54, 1.807) is 0 Å². The number of hydrogen-bond acceptors (Lipinski definition) is 3. The Labute approximate surface area is 95.8 Å². The smallest absolute Gasteiger partial charge is 0.480 e. The Balaban J connectivity index is 0.000000325. The second kappa shape index (κ2) is 6.43. The van der Waals surface area contributed by atoms with Gasteiger partial charge < -0.3 is 10.2 Å². The molecule has 1 aliphatic heterocycles.